The lowest BCUT2D eigenvalue weighted by Crippen LogP contribution is -2.52. The number of benzene rings is 1. The van der Waals surface area contributed by atoms with Gasteiger partial charge >= 0.3 is 6.61 Å². The lowest BCUT2D eigenvalue weighted by Gasteiger charge is -2.26. The van der Waals surface area contributed by atoms with E-state index in [1.165, 1.54) is 6.07 Å². The van der Waals surface area contributed by atoms with Crippen molar-refractivity contribution in [2.45, 2.75) is 51.8 Å². The molecule has 0 spiro atoms. The van der Waals surface area contributed by atoms with Gasteiger partial charge in [-0.25, -0.2) is 0 Å². The molecule has 3 N–H and O–H groups in total. The summed E-state index contributed by atoms with van der Waals surface area (Å²) in [6, 6.07) is 5.89. The Kier molecular flexibility index (Phi) is 8.34. The molecule has 22 heavy (non-hydrogen) atoms. The topological polar surface area (TPSA) is 64.4 Å². The summed E-state index contributed by atoms with van der Waals surface area (Å²) in [4.78, 5) is 12.1. The van der Waals surface area contributed by atoms with Crippen LogP contribution in [0, 0.1) is 0 Å². The van der Waals surface area contributed by atoms with Gasteiger partial charge in [0.15, 0.2) is 0 Å². The van der Waals surface area contributed by atoms with Gasteiger partial charge in [-0.1, -0.05) is 31.5 Å². The Balaban J connectivity index is 0.00000441. The third-order valence-corrected chi connectivity index (χ3v) is 3.24. The van der Waals surface area contributed by atoms with Crippen molar-refractivity contribution in [1.29, 1.82) is 0 Å². The number of amides is 1. The smallest absolute Gasteiger partial charge is 0.387 e. The average Bonchev–Trinajstić information content (AvgIpc) is 2.38. The SMILES string of the molecule is CCCC(C)(N)C(=O)NC(C)c1ccccc1OC(F)F.Cl. The number of nitrogens with one attached hydrogen (secondary N) is 1. The molecule has 0 aliphatic carbocycles. The van der Waals surface area contributed by atoms with Crippen LogP contribution in [0.2, 0.25) is 0 Å². The largest absolute Gasteiger partial charge is 0.434 e. The molecule has 1 amide bonds. The van der Waals surface area contributed by atoms with Crippen molar-refractivity contribution in [3.63, 3.8) is 0 Å². The molecule has 2 atom stereocenters. The summed E-state index contributed by atoms with van der Waals surface area (Å²) in [5.41, 5.74) is 5.45. The Morgan fingerprint density at radius 1 is 1.41 bits per heavy atom. The van der Waals surface area contributed by atoms with Gasteiger partial charge in [0.25, 0.3) is 0 Å². The molecule has 0 saturated heterocycles. The van der Waals surface area contributed by atoms with Crippen molar-refractivity contribution in [3.05, 3.63) is 29.8 Å². The van der Waals surface area contributed by atoms with Crippen molar-refractivity contribution in [3.8, 4) is 5.75 Å². The van der Waals surface area contributed by atoms with Crippen molar-refractivity contribution in [1.82, 2.24) is 5.32 Å². The van der Waals surface area contributed by atoms with Gasteiger partial charge in [-0.05, 0) is 26.3 Å². The first-order valence-corrected chi connectivity index (χ1v) is 6.91. The lowest BCUT2D eigenvalue weighted by atomic mass is 9.95. The number of hydrogen-bond donors (Lipinski definition) is 2. The van der Waals surface area contributed by atoms with Gasteiger partial charge in [0.2, 0.25) is 5.91 Å². The summed E-state index contributed by atoms with van der Waals surface area (Å²) in [5, 5.41) is 2.75. The van der Waals surface area contributed by atoms with Crippen LogP contribution in [0.25, 0.3) is 0 Å². The molecule has 0 radical (unpaired) electrons. The molecular formula is C15H23ClF2N2O2. The van der Waals surface area contributed by atoms with Crippen molar-refractivity contribution >= 4 is 18.3 Å². The molecule has 7 heteroatoms. The molecule has 126 valence electrons. The Morgan fingerprint density at radius 2 is 2.00 bits per heavy atom. The van der Waals surface area contributed by atoms with E-state index in [9.17, 15) is 13.6 Å². The number of carbonyl (C=O) groups is 1. The zero-order chi connectivity index (χ0) is 16.0. The van der Waals surface area contributed by atoms with E-state index in [0.29, 0.717) is 12.0 Å². The van der Waals surface area contributed by atoms with Gasteiger partial charge in [0.1, 0.15) is 5.75 Å². The highest BCUT2D eigenvalue weighted by molar-refractivity contribution is 5.86. The predicted octanol–water partition coefficient (Wildman–Crippen LogP) is 3.40. The second-order valence-electron chi connectivity index (χ2n) is 5.28. The van der Waals surface area contributed by atoms with Gasteiger partial charge in [-0.3, -0.25) is 4.79 Å². The molecule has 2 unspecified atom stereocenters. The second-order valence-corrected chi connectivity index (χ2v) is 5.28. The van der Waals surface area contributed by atoms with E-state index in [0.717, 1.165) is 6.42 Å². The van der Waals surface area contributed by atoms with Crippen LogP contribution in [0.4, 0.5) is 8.78 Å². The van der Waals surface area contributed by atoms with E-state index < -0.39 is 18.2 Å². The van der Waals surface area contributed by atoms with Gasteiger partial charge in [-0.15, -0.1) is 12.4 Å². The van der Waals surface area contributed by atoms with Crippen LogP contribution >= 0.6 is 12.4 Å². The molecule has 0 fully saturated rings. The van der Waals surface area contributed by atoms with Gasteiger partial charge in [0, 0.05) is 5.56 Å². The fourth-order valence-corrected chi connectivity index (χ4v) is 2.11. The first kappa shape index (κ1) is 20.6. The van der Waals surface area contributed by atoms with Gasteiger partial charge < -0.3 is 15.8 Å². The molecule has 0 aliphatic rings. The maximum Gasteiger partial charge on any atom is 0.387 e. The van der Waals surface area contributed by atoms with Crippen LogP contribution in [0.3, 0.4) is 0 Å². The van der Waals surface area contributed by atoms with E-state index in [2.05, 4.69) is 10.1 Å². The highest BCUT2D eigenvalue weighted by atomic mass is 35.5. The molecule has 0 bridgehead atoms. The van der Waals surface area contributed by atoms with E-state index >= 15 is 0 Å². The molecular weight excluding hydrogens is 314 g/mol. The van der Waals surface area contributed by atoms with Crippen LogP contribution < -0.4 is 15.8 Å². The lowest BCUT2D eigenvalue weighted by molar-refractivity contribution is -0.126. The number of rotatable bonds is 7. The zero-order valence-corrected chi connectivity index (χ0v) is 13.8. The molecule has 4 nitrogen and oxygen atoms in total. The van der Waals surface area contributed by atoms with E-state index in [4.69, 9.17) is 5.73 Å². The number of halogens is 3. The first-order chi connectivity index (χ1) is 9.77. The summed E-state index contributed by atoms with van der Waals surface area (Å²) in [5.74, 6) is -0.266. The van der Waals surface area contributed by atoms with Crippen molar-refractivity contribution in [2.24, 2.45) is 5.73 Å². The highest BCUT2D eigenvalue weighted by Crippen LogP contribution is 2.26. The third-order valence-electron chi connectivity index (χ3n) is 3.24. The Bertz CT molecular complexity index is 484. The molecule has 1 aromatic carbocycles. The third kappa shape index (κ3) is 5.77. The van der Waals surface area contributed by atoms with Crippen LogP contribution in [0.1, 0.15) is 45.2 Å². The zero-order valence-electron chi connectivity index (χ0n) is 12.9. The second kappa shape index (κ2) is 8.90. The fraction of sp³-hybridized carbons (Fsp3) is 0.533. The summed E-state index contributed by atoms with van der Waals surface area (Å²) in [7, 11) is 0. The van der Waals surface area contributed by atoms with Crippen LogP contribution in [0.15, 0.2) is 24.3 Å². The Hall–Kier alpha value is -1.40. The minimum Gasteiger partial charge on any atom is -0.434 e. The average molecular weight is 337 g/mol. The normalized spacial score (nSPS) is 14.7. The minimum absolute atomic E-state index is 0. The molecule has 0 aliphatic heterocycles. The van der Waals surface area contributed by atoms with Crippen LogP contribution in [-0.4, -0.2) is 18.1 Å². The molecule has 1 aromatic rings. The maximum absolute atomic E-state index is 12.4. The molecule has 0 aromatic heterocycles. The number of nitrogens with two attached hydrogens (primary N) is 1. The number of alkyl halides is 2. The van der Waals surface area contributed by atoms with Gasteiger partial charge in [-0.2, -0.15) is 8.78 Å². The summed E-state index contributed by atoms with van der Waals surface area (Å²) in [6.07, 6.45) is 1.32. The van der Waals surface area contributed by atoms with Crippen molar-refractivity contribution < 1.29 is 18.3 Å². The number of carbonyl (C=O) groups excluding carboxylic acids is 1. The van der Waals surface area contributed by atoms with Gasteiger partial charge in [0.05, 0.1) is 11.6 Å². The molecule has 0 heterocycles. The summed E-state index contributed by atoms with van der Waals surface area (Å²) < 4.78 is 29.2. The van der Waals surface area contributed by atoms with Crippen LogP contribution in [-0.2, 0) is 4.79 Å². The van der Waals surface area contributed by atoms with E-state index in [1.54, 1.807) is 32.0 Å². The maximum atomic E-state index is 12.4. The number of para-hydroxylation sites is 1. The predicted molar refractivity (Wildman–Crippen MR) is 84.4 cm³/mol. The summed E-state index contributed by atoms with van der Waals surface area (Å²) >= 11 is 0. The highest BCUT2D eigenvalue weighted by Gasteiger charge is 2.29. The Labute approximate surface area is 135 Å². The first-order valence-electron chi connectivity index (χ1n) is 6.91. The van der Waals surface area contributed by atoms with E-state index in [1.807, 2.05) is 6.92 Å². The monoisotopic (exact) mass is 336 g/mol. The standard InChI is InChI=1S/C15H22F2N2O2.ClH/c1-4-9-15(3,18)13(20)19-10(2)11-7-5-6-8-12(11)21-14(16)17;/h5-8,10,14H,4,9,18H2,1-3H3,(H,19,20);1H. The minimum atomic E-state index is -2.91. The number of ether oxygens (including phenoxy) is 1. The quantitative estimate of drug-likeness (QED) is 0.802. The van der Waals surface area contributed by atoms with Crippen LogP contribution in [0.5, 0.6) is 5.75 Å². The van der Waals surface area contributed by atoms with Crippen molar-refractivity contribution in [2.75, 3.05) is 0 Å². The summed E-state index contributed by atoms with van der Waals surface area (Å²) in [6.45, 7) is 2.38. The molecule has 0 saturated carbocycles. The Morgan fingerprint density at radius 3 is 2.55 bits per heavy atom. The number of hydrogen-bond acceptors (Lipinski definition) is 3. The molecule has 1 rings (SSSR count). The van der Waals surface area contributed by atoms with E-state index in [-0.39, 0.29) is 24.1 Å². The fourth-order valence-electron chi connectivity index (χ4n) is 2.11.